The maximum atomic E-state index is 11.9. The van der Waals surface area contributed by atoms with Gasteiger partial charge in [-0.15, -0.1) is 10.2 Å². The van der Waals surface area contributed by atoms with Crippen LogP contribution in [0.5, 0.6) is 0 Å². The summed E-state index contributed by atoms with van der Waals surface area (Å²) in [5, 5.41) is 10.4. The van der Waals surface area contributed by atoms with Gasteiger partial charge in [-0.3, -0.25) is 9.11 Å². The van der Waals surface area contributed by atoms with Crippen LogP contribution in [-0.2, 0) is 20.2 Å². The molecule has 0 saturated carbocycles. The molecule has 0 aliphatic carbocycles. The second kappa shape index (κ2) is 7.26. The molecule has 4 rings (SSSR count). The Morgan fingerprint density at radius 3 is 2.03 bits per heavy atom. The zero-order valence-electron chi connectivity index (χ0n) is 15.2. The van der Waals surface area contributed by atoms with Crippen molar-refractivity contribution in [2.45, 2.75) is 9.79 Å². The van der Waals surface area contributed by atoms with Crippen molar-refractivity contribution in [3.63, 3.8) is 0 Å². The summed E-state index contributed by atoms with van der Waals surface area (Å²) in [6.07, 6.45) is 0. The van der Waals surface area contributed by atoms with Crippen LogP contribution in [0.1, 0.15) is 0 Å². The minimum absolute atomic E-state index is 0.0873. The number of hydrogen-bond acceptors (Lipinski definition) is 6. The minimum atomic E-state index is -4.69. The van der Waals surface area contributed by atoms with Crippen LogP contribution in [0.15, 0.2) is 92.8 Å². The van der Waals surface area contributed by atoms with Crippen molar-refractivity contribution >= 4 is 53.2 Å². The van der Waals surface area contributed by atoms with Gasteiger partial charge in [0.2, 0.25) is 0 Å². The summed E-state index contributed by atoms with van der Waals surface area (Å²) < 4.78 is 65.8. The fourth-order valence-corrected chi connectivity index (χ4v) is 4.28. The molecule has 0 radical (unpaired) electrons. The summed E-state index contributed by atoms with van der Waals surface area (Å²) in [4.78, 5) is -0.976. The lowest BCUT2D eigenvalue weighted by atomic mass is 10.1. The molecule has 0 bridgehead atoms. The summed E-state index contributed by atoms with van der Waals surface area (Å²) in [7, 11) is -9.23. The molecular formula is C20H14N2O6S2. The van der Waals surface area contributed by atoms with E-state index in [2.05, 4.69) is 10.2 Å². The molecule has 0 atom stereocenters. The van der Waals surface area contributed by atoms with Crippen molar-refractivity contribution in [2.75, 3.05) is 0 Å². The van der Waals surface area contributed by atoms with Crippen LogP contribution in [0.2, 0.25) is 0 Å². The van der Waals surface area contributed by atoms with Crippen molar-refractivity contribution in [3.05, 3.63) is 72.8 Å². The third kappa shape index (κ3) is 3.81. The highest BCUT2D eigenvalue weighted by Gasteiger charge is 2.20. The quantitative estimate of drug-likeness (QED) is 0.341. The van der Waals surface area contributed by atoms with Gasteiger partial charge in [-0.05, 0) is 35.0 Å². The zero-order valence-corrected chi connectivity index (χ0v) is 16.8. The SMILES string of the molecule is O=S(=O)(O)c1ccc2ccc(S(=O)(=O)O)c(N=Nc3cccc4ccccc34)c2c1. The van der Waals surface area contributed by atoms with Crippen molar-refractivity contribution in [1.29, 1.82) is 0 Å². The van der Waals surface area contributed by atoms with Gasteiger partial charge < -0.3 is 0 Å². The van der Waals surface area contributed by atoms with Gasteiger partial charge in [-0.2, -0.15) is 16.8 Å². The first kappa shape index (κ1) is 20.1. The smallest absolute Gasteiger partial charge is 0.282 e. The van der Waals surface area contributed by atoms with E-state index in [9.17, 15) is 25.9 Å². The monoisotopic (exact) mass is 442 g/mol. The number of benzene rings is 4. The average Bonchev–Trinajstić information content (AvgIpc) is 2.70. The molecule has 30 heavy (non-hydrogen) atoms. The average molecular weight is 442 g/mol. The molecule has 0 aliphatic heterocycles. The molecule has 4 aromatic carbocycles. The van der Waals surface area contributed by atoms with Gasteiger partial charge in [0.1, 0.15) is 10.6 Å². The molecule has 0 fully saturated rings. The molecule has 0 saturated heterocycles. The zero-order chi connectivity index (χ0) is 21.5. The Morgan fingerprint density at radius 1 is 0.633 bits per heavy atom. The molecule has 4 aromatic rings. The first-order chi connectivity index (χ1) is 14.1. The van der Waals surface area contributed by atoms with Crippen molar-refractivity contribution < 1.29 is 25.9 Å². The highest BCUT2D eigenvalue weighted by molar-refractivity contribution is 7.86. The predicted molar refractivity (Wildman–Crippen MR) is 112 cm³/mol. The maximum absolute atomic E-state index is 11.9. The molecule has 10 heteroatoms. The molecule has 0 unspecified atom stereocenters. The lowest BCUT2D eigenvalue weighted by Crippen LogP contribution is -2.00. The Hall–Kier alpha value is -3.18. The number of fused-ring (bicyclic) bond motifs is 2. The molecule has 152 valence electrons. The van der Waals surface area contributed by atoms with Gasteiger partial charge in [0, 0.05) is 10.8 Å². The second-order valence-corrected chi connectivity index (χ2v) is 9.26. The van der Waals surface area contributed by atoms with Crippen molar-refractivity contribution in [3.8, 4) is 0 Å². The Bertz CT molecular complexity index is 1530. The van der Waals surface area contributed by atoms with Gasteiger partial charge in [0.25, 0.3) is 20.2 Å². The molecule has 2 N–H and O–H groups in total. The Labute approximate surface area is 172 Å². The van der Waals surface area contributed by atoms with Crippen LogP contribution in [0, 0.1) is 0 Å². The lowest BCUT2D eigenvalue weighted by Gasteiger charge is -2.08. The van der Waals surface area contributed by atoms with E-state index in [1.54, 1.807) is 12.1 Å². The molecule has 8 nitrogen and oxygen atoms in total. The second-order valence-electron chi connectivity index (χ2n) is 6.44. The predicted octanol–water partition coefficient (Wildman–Crippen LogP) is 4.90. The van der Waals surface area contributed by atoms with Gasteiger partial charge in [0.15, 0.2) is 0 Å². The Kier molecular flexibility index (Phi) is 4.86. The maximum Gasteiger partial charge on any atom is 0.296 e. The summed E-state index contributed by atoms with van der Waals surface area (Å²) in [6, 6.07) is 18.9. The van der Waals surface area contributed by atoms with Gasteiger partial charge in [0.05, 0.1) is 10.6 Å². The number of hydrogen-bond donors (Lipinski definition) is 2. The number of nitrogens with zero attached hydrogens (tertiary/aromatic N) is 2. The molecule has 0 aromatic heterocycles. The summed E-state index contributed by atoms with van der Waals surface area (Å²) in [5.74, 6) is 0. The van der Waals surface area contributed by atoms with E-state index in [1.807, 2.05) is 30.3 Å². The van der Waals surface area contributed by atoms with Crippen LogP contribution in [0.3, 0.4) is 0 Å². The third-order valence-corrected chi connectivity index (χ3v) is 6.26. The largest absolute Gasteiger partial charge is 0.296 e. The third-order valence-electron chi connectivity index (χ3n) is 4.53. The molecule has 0 spiro atoms. The first-order valence-electron chi connectivity index (χ1n) is 8.56. The van der Waals surface area contributed by atoms with Crippen LogP contribution < -0.4 is 0 Å². The highest BCUT2D eigenvalue weighted by atomic mass is 32.2. The van der Waals surface area contributed by atoms with Gasteiger partial charge >= 0.3 is 0 Å². The van der Waals surface area contributed by atoms with E-state index in [1.165, 1.54) is 18.2 Å². The standard InChI is InChI=1S/C20H14N2O6S2/c23-29(24,25)15-10-8-14-9-11-19(30(26,27)28)20(17(14)12-15)22-21-18-7-3-5-13-4-1-2-6-16(13)18/h1-12H,(H,23,24,25)(H,26,27,28). The minimum Gasteiger partial charge on any atom is -0.282 e. The van der Waals surface area contributed by atoms with E-state index in [-0.39, 0.29) is 11.1 Å². The fraction of sp³-hybridized carbons (Fsp3) is 0. The molecular weight excluding hydrogens is 428 g/mol. The van der Waals surface area contributed by atoms with Gasteiger partial charge in [-0.25, -0.2) is 0 Å². The Morgan fingerprint density at radius 2 is 1.30 bits per heavy atom. The van der Waals surface area contributed by atoms with Crippen molar-refractivity contribution in [1.82, 2.24) is 0 Å². The number of azo groups is 1. The van der Waals surface area contributed by atoms with Crippen LogP contribution in [-0.4, -0.2) is 25.9 Å². The number of rotatable bonds is 4. The van der Waals surface area contributed by atoms with E-state index in [0.717, 1.165) is 22.9 Å². The molecule has 0 aliphatic rings. The van der Waals surface area contributed by atoms with E-state index in [0.29, 0.717) is 11.1 Å². The molecule has 0 amide bonds. The fourth-order valence-electron chi connectivity index (χ4n) is 3.13. The Balaban J connectivity index is 2.00. The summed E-state index contributed by atoms with van der Waals surface area (Å²) in [5.41, 5.74) is 0.214. The van der Waals surface area contributed by atoms with E-state index in [4.69, 9.17) is 0 Å². The molecule has 0 heterocycles. The van der Waals surface area contributed by atoms with Crippen LogP contribution in [0.25, 0.3) is 21.5 Å². The van der Waals surface area contributed by atoms with Gasteiger partial charge in [-0.1, -0.05) is 48.5 Å². The summed E-state index contributed by atoms with van der Waals surface area (Å²) in [6.45, 7) is 0. The van der Waals surface area contributed by atoms with Crippen molar-refractivity contribution in [2.24, 2.45) is 10.2 Å². The van der Waals surface area contributed by atoms with E-state index < -0.39 is 30.0 Å². The topological polar surface area (TPSA) is 133 Å². The normalized spacial score (nSPS) is 12.7. The van der Waals surface area contributed by atoms with Crippen LogP contribution in [0.4, 0.5) is 11.4 Å². The first-order valence-corrected chi connectivity index (χ1v) is 11.4. The van der Waals surface area contributed by atoms with E-state index >= 15 is 0 Å². The summed E-state index contributed by atoms with van der Waals surface area (Å²) >= 11 is 0. The van der Waals surface area contributed by atoms with Crippen LogP contribution >= 0.6 is 0 Å². The lowest BCUT2D eigenvalue weighted by molar-refractivity contribution is 0.481. The highest BCUT2D eigenvalue weighted by Crippen LogP contribution is 2.36.